The van der Waals surface area contributed by atoms with Crippen LogP contribution in [-0.4, -0.2) is 16.7 Å². The highest BCUT2D eigenvalue weighted by molar-refractivity contribution is 5.56. The van der Waals surface area contributed by atoms with E-state index in [9.17, 15) is 4.39 Å². The van der Waals surface area contributed by atoms with Crippen molar-refractivity contribution in [1.29, 1.82) is 0 Å². The number of benzene rings is 1. The van der Waals surface area contributed by atoms with E-state index in [-0.39, 0.29) is 5.82 Å². The molecule has 2 rings (SSSR count). The van der Waals surface area contributed by atoms with Crippen molar-refractivity contribution in [3.05, 3.63) is 29.6 Å². The summed E-state index contributed by atoms with van der Waals surface area (Å²) in [6.07, 6.45) is 0. The zero-order valence-electron chi connectivity index (χ0n) is 10.7. The third kappa shape index (κ3) is 2.85. The molecule has 0 atom stereocenters. The summed E-state index contributed by atoms with van der Waals surface area (Å²) in [7, 11) is 0. The molecule has 0 saturated heterocycles. The minimum absolute atomic E-state index is 0.236. The molecule has 1 aromatic heterocycles. The van der Waals surface area contributed by atoms with E-state index in [1.165, 1.54) is 6.07 Å². The molecule has 0 bridgehead atoms. The number of aryl methyl sites for hydroxylation is 1. The van der Waals surface area contributed by atoms with Gasteiger partial charge < -0.3 is 9.84 Å². The first kappa shape index (κ1) is 12.5. The maximum atomic E-state index is 13.2. The maximum Gasteiger partial charge on any atom is 0.321 e. The third-order valence-electron chi connectivity index (χ3n) is 2.50. The summed E-state index contributed by atoms with van der Waals surface area (Å²) in [5.74, 6) is 0.721. The van der Waals surface area contributed by atoms with E-state index in [0.717, 1.165) is 12.1 Å². The first-order valence-electron chi connectivity index (χ1n) is 5.90. The van der Waals surface area contributed by atoms with Crippen LogP contribution in [0, 0.1) is 18.7 Å². The van der Waals surface area contributed by atoms with Crippen molar-refractivity contribution in [2.24, 2.45) is 5.92 Å². The summed E-state index contributed by atoms with van der Waals surface area (Å²) < 4.78 is 18.2. The normalized spacial score (nSPS) is 10.9. The molecule has 1 aromatic carbocycles. The van der Waals surface area contributed by atoms with Crippen LogP contribution < -0.4 is 5.32 Å². The SMILES string of the molecule is Cc1cc(-c2noc(NCC(C)C)n2)ccc1F. The predicted octanol–water partition coefficient (Wildman–Crippen LogP) is 3.25. The lowest BCUT2D eigenvalue weighted by atomic mass is 10.1. The predicted molar refractivity (Wildman–Crippen MR) is 67.8 cm³/mol. The lowest BCUT2D eigenvalue weighted by Crippen LogP contribution is -2.07. The molecule has 5 heteroatoms. The molecule has 4 nitrogen and oxygen atoms in total. The second-order valence-electron chi connectivity index (χ2n) is 4.66. The number of anilines is 1. The largest absolute Gasteiger partial charge is 0.337 e. The first-order chi connectivity index (χ1) is 8.56. The lowest BCUT2D eigenvalue weighted by Gasteiger charge is -2.02. The van der Waals surface area contributed by atoms with Gasteiger partial charge in [-0.25, -0.2) is 4.39 Å². The van der Waals surface area contributed by atoms with E-state index in [1.54, 1.807) is 19.1 Å². The van der Waals surface area contributed by atoms with E-state index in [4.69, 9.17) is 4.52 Å². The number of halogens is 1. The summed E-state index contributed by atoms with van der Waals surface area (Å²) in [5, 5.41) is 6.91. The molecular formula is C13H16FN3O. The van der Waals surface area contributed by atoms with Gasteiger partial charge in [0.25, 0.3) is 0 Å². The number of nitrogens with one attached hydrogen (secondary N) is 1. The fraction of sp³-hybridized carbons (Fsp3) is 0.385. The van der Waals surface area contributed by atoms with E-state index < -0.39 is 0 Å². The monoisotopic (exact) mass is 249 g/mol. The Morgan fingerprint density at radius 3 is 2.83 bits per heavy atom. The smallest absolute Gasteiger partial charge is 0.321 e. The maximum absolute atomic E-state index is 13.2. The third-order valence-corrected chi connectivity index (χ3v) is 2.50. The molecule has 18 heavy (non-hydrogen) atoms. The topological polar surface area (TPSA) is 51.0 Å². The van der Waals surface area contributed by atoms with Crippen molar-refractivity contribution in [2.45, 2.75) is 20.8 Å². The molecule has 0 aliphatic heterocycles. The highest BCUT2D eigenvalue weighted by Crippen LogP contribution is 2.20. The Morgan fingerprint density at radius 2 is 2.17 bits per heavy atom. The highest BCUT2D eigenvalue weighted by atomic mass is 19.1. The summed E-state index contributed by atoms with van der Waals surface area (Å²) in [6.45, 7) is 6.65. The zero-order chi connectivity index (χ0) is 13.1. The molecule has 0 spiro atoms. The molecule has 0 amide bonds. The van der Waals surface area contributed by atoms with Crippen LogP contribution in [0.3, 0.4) is 0 Å². The van der Waals surface area contributed by atoms with Crippen LogP contribution >= 0.6 is 0 Å². The number of nitrogens with zero attached hydrogens (tertiary/aromatic N) is 2. The molecule has 0 fully saturated rings. The summed E-state index contributed by atoms with van der Waals surface area (Å²) in [4.78, 5) is 4.21. The van der Waals surface area contributed by atoms with Gasteiger partial charge in [-0.1, -0.05) is 19.0 Å². The molecule has 0 radical (unpaired) electrons. The highest BCUT2D eigenvalue weighted by Gasteiger charge is 2.09. The van der Waals surface area contributed by atoms with E-state index >= 15 is 0 Å². The number of hydrogen-bond donors (Lipinski definition) is 1. The molecule has 0 saturated carbocycles. The number of rotatable bonds is 4. The van der Waals surface area contributed by atoms with Gasteiger partial charge in [0, 0.05) is 12.1 Å². The van der Waals surface area contributed by atoms with Crippen molar-refractivity contribution in [2.75, 3.05) is 11.9 Å². The van der Waals surface area contributed by atoms with Gasteiger partial charge in [-0.15, -0.1) is 0 Å². The van der Waals surface area contributed by atoms with E-state index in [2.05, 4.69) is 29.3 Å². The molecule has 1 N–H and O–H groups in total. The molecule has 1 heterocycles. The van der Waals surface area contributed by atoms with Crippen LogP contribution in [0.2, 0.25) is 0 Å². The lowest BCUT2D eigenvalue weighted by molar-refractivity contribution is 0.429. The van der Waals surface area contributed by atoms with Crippen molar-refractivity contribution in [3.63, 3.8) is 0 Å². The van der Waals surface area contributed by atoms with Crippen LogP contribution in [0.25, 0.3) is 11.4 Å². The van der Waals surface area contributed by atoms with E-state index in [1.807, 2.05) is 0 Å². The Kier molecular flexibility index (Phi) is 3.60. The second kappa shape index (κ2) is 5.16. The Hall–Kier alpha value is -1.91. The van der Waals surface area contributed by atoms with Gasteiger partial charge in [-0.3, -0.25) is 0 Å². The fourth-order valence-corrected chi connectivity index (χ4v) is 1.49. The van der Waals surface area contributed by atoms with Crippen LogP contribution in [0.4, 0.5) is 10.4 Å². The summed E-state index contributed by atoms with van der Waals surface area (Å²) in [6, 6.07) is 5.13. The van der Waals surface area contributed by atoms with Gasteiger partial charge in [0.05, 0.1) is 0 Å². The standard InChI is InChI=1S/C13H16FN3O/c1-8(2)7-15-13-16-12(17-18-13)10-4-5-11(14)9(3)6-10/h4-6,8H,7H2,1-3H3,(H,15,16,17). The van der Waals surface area contributed by atoms with Crippen LogP contribution in [0.1, 0.15) is 19.4 Å². The molecule has 0 aliphatic carbocycles. The molecule has 96 valence electrons. The minimum atomic E-state index is -0.236. The van der Waals surface area contributed by atoms with Gasteiger partial charge in [-0.05, 0) is 36.6 Å². The Labute approximate surface area is 105 Å². The minimum Gasteiger partial charge on any atom is -0.337 e. The van der Waals surface area contributed by atoms with Gasteiger partial charge in [-0.2, -0.15) is 4.98 Å². The Bertz CT molecular complexity index is 537. The second-order valence-corrected chi connectivity index (χ2v) is 4.66. The van der Waals surface area contributed by atoms with Crippen LogP contribution in [0.5, 0.6) is 0 Å². The van der Waals surface area contributed by atoms with Crippen LogP contribution in [0.15, 0.2) is 22.7 Å². The fourth-order valence-electron chi connectivity index (χ4n) is 1.49. The van der Waals surface area contributed by atoms with Gasteiger partial charge in [0.15, 0.2) is 0 Å². The first-order valence-corrected chi connectivity index (χ1v) is 5.90. The average Bonchev–Trinajstić information content (AvgIpc) is 2.79. The van der Waals surface area contributed by atoms with Gasteiger partial charge in [0.2, 0.25) is 5.82 Å². The summed E-state index contributed by atoms with van der Waals surface area (Å²) in [5.41, 5.74) is 1.31. The van der Waals surface area contributed by atoms with E-state index in [0.29, 0.717) is 23.3 Å². The molecule has 0 aliphatic rings. The van der Waals surface area contributed by atoms with Gasteiger partial charge in [0.1, 0.15) is 5.82 Å². The Morgan fingerprint density at radius 1 is 1.39 bits per heavy atom. The average molecular weight is 249 g/mol. The molecule has 0 unspecified atom stereocenters. The van der Waals surface area contributed by atoms with Crippen molar-refractivity contribution in [1.82, 2.24) is 10.1 Å². The van der Waals surface area contributed by atoms with Gasteiger partial charge >= 0.3 is 6.01 Å². The van der Waals surface area contributed by atoms with Crippen molar-refractivity contribution >= 4 is 6.01 Å². The molecule has 2 aromatic rings. The quantitative estimate of drug-likeness (QED) is 0.903. The summed E-state index contributed by atoms with van der Waals surface area (Å²) >= 11 is 0. The van der Waals surface area contributed by atoms with Crippen molar-refractivity contribution < 1.29 is 8.91 Å². The number of aromatic nitrogens is 2. The Balaban J connectivity index is 2.16. The van der Waals surface area contributed by atoms with Crippen molar-refractivity contribution in [3.8, 4) is 11.4 Å². The zero-order valence-corrected chi connectivity index (χ0v) is 10.7. The molecular weight excluding hydrogens is 233 g/mol. The number of hydrogen-bond acceptors (Lipinski definition) is 4. The van der Waals surface area contributed by atoms with Crippen LogP contribution in [-0.2, 0) is 0 Å².